The lowest BCUT2D eigenvalue weighted by atomic mass is 10.1. The molecule has 0 aliphatic heterocycles. The number of rotatable bonds is 5. The number of methoxy groups -OCH3 is 1. The third kappa shape index (κ3) is 3.23. The van der Waals surface area contributed by atoms with Gasteiger partial charge in [-0.05, 0) is 30.7 Å². The van der Waals surface area contributed by atoms with Crippen molar-refractivity contribution in [1.29, 1.82) is 0 Å². The maximum atomic E-state index is 12.5. The highest BCUT2D eigenvalue weighted by molar-refractivity contribution is 7.92. The van der Waals surface area contributed by atoms with E-state index in [2.05, 4.69) is 14.7 Å². The lowest BCUT2D eigenvalue weighted by Crippen LogP contribution is -2.15. The summed E-state index contributed by atoms with van der Waals surface area (Å²) in [7, 11) is -2.46. The lowest BCUT2D eigenvalue weighted by Gasteiger charge is -2.11. The number of sulfonamides is 1. The van der Waals surface area contributed by atoms with E-state index in [4.69, 9.17) is 9.15 Å². The summed E-state index contributed by atoms with van der Waals surface area (Å²) in [6.07, 6.45) is 2.70. The fourth-order valence-electron chi connectivity index (χ4n) is 2.11. The summed E-state index contributed by atoms with van der Waals surface area (Å²) in [5.74, 6) is 0.825. The van der Waals surface area contributed by atoms with Crippen LogP contribution in [-0.2, 0) is 10.0 Å². The second-order valence-corrected chi connectivity index (χ2v) is 6.64. The van der Waals surface area contributed by atoms with Crippen LogP contribution in [0.2, 0.25) is 0 Å². The summed E-state index contributed by atoms with van der Waals surface area (Å²) in [5.41, 5.74) is 1.99. The number of aryl methyl sites for hydroxylation is 1. The van der Waals surface area contributed by atoms with Crippen molar-refractivity contribution < 1.29 is 17.6 Å². The first-order valence-corrected chi connectivity index (χ1v) is 8.51. The van der Waals surface area contributed by atoms with E-state index in [0.717, 1.165) is 17.5 Å². The molecule has 1 N–H and O–H groups in total. The van der Waals surface area contributed by atoms with Crippen LogP contribution in [0.3, 0.4) is 0 Å². The summed E-state index contributed by atoms with van der Waals surface area (Å²) in [6.45, 7) is 1.81. The van der Waals surface area contributed by atoms with Crippen LogP contribution in [0.4, 0.5) is 5.69 Å². The Morgan fingerprint density at radius 3 is 2.71 bits per heavy atom. The molecule has 3 aromatic rings. The van der Waals surface area contributed by atoms with E-state index in [9.17, 15) is 8.42 Å². The second-order valence-electron chi connectivity index (χ2n) is 5.01. The van der Waals surface area contributed by atoms with Crippen molar-refractivity contribution in [3.8, 4) is 17.2 Å². The third-order valence-corrected chi connectivity index (χ3v) is 4.65. The number of anilines is 1. The molecule has 7 nitrogen and oxygen atoms in total. The van der Waals surface area contributed by atoms with Gasteiger partial charge in [-0.3, -0.25) is 4.72 Å². The standard InChI is InChI=1S/C16H15N3O4S/c1-11-5-6-12(14-4-3-7-23-14)8-13(11)19-24(20,21)16-9-15(22-2)17-10-18-16/h3-10,19H,1-2H3. The minimum atomic E-state index is -3.87. The summed E-state index contributed by atoms with van der Waals surface area (Å²) in [4.78, 5) is 7.60. The minimum absolute atomic E-state index is 0.169. The Morgan fingerprint density at radius 1 is 1.17 bits per heavy atom. The summed E-state index contributed by atoms with van der Waals surface area (Å²) < 4.78 is 37.9. The molecule has 0 radical (unpaired) electrons. The van der Waals surface area contributed by atoms with E-state index < -0.39 is 10.0 Å². The van der Waals surface area contributed by atoms with Crippen LogP contribution in [0.25, 0.3) is 11.3 Å². The van der Waals surface area contributed by atoms with Crippen LogP contribution in [0.5, 0.6) is 5.88 Å². The Bertz CT molecular complexity index is 953. The van der Waals surface area contributed by atoms with Crippen molar-refractivity contribution in [1.82, 2.24) is 9.97 Å². The molecule has 0 bridgehead atoms. The highest BCUT2D eigenvalue weighted by atomic mass is 32.2. The Morgan fingerprint density at radius 2 is 2.00 bits per heavy atom. The number of aromatic nitrogens is 2. The normalized spacial score (nSPS) is 11.2. The molecule has 0 unspecified atom stereocenters. The van der Waals surface area contributed by atoms with Crippen LogP contribution < -0.4 is 9.46 Å². The molecule has 0 fully saturated rings. The van der Waals surface area contributed by atoms with Gasteiger partial charge in [-0.2, -0.15) is 8.42 Å². The van der Waals surface area contributed by atoms with Crippen LogP contribution in [-0.4, -0.2) is 25.5 Å². The molecule has 124 valence electrons. The average molecular weight is 345 g/mol. The monoisotopic (exact) mass is 345 g/mol. The van der Waals surface area contributed by atoms with Gasteiger partial charge < -0.3 is 9.15 Å². The number of nitrogens with one attached hydrogen (secondary N) is 1. The molecule has 3 rings (SSSR count). The number of hydrogen-bond donors (Lipinski definition) is 1. The number of benzene rings is 1. The Balaban J connectivity index is 1.96. The van der Waals surface area contributed by atoms with Crippen LogP contribution in [0, 0.1) is 6.92 Å². The zero-order chi connectivity index (χ0) is 17.2. The van der Waals surface area contributed by atoms with Crippen molar-refractivity contribution in [3.63, 3.8) is 0 Å². The van der Waals surface area contributed by atoms with Gasteiger partial charge in [0.05, 0.1) is 19.1 Å². The third-order valence-electron chi connectivity index (χ3n) is 3.39. The van der Waals surface area contributed by atoms with Crippen LogP contribution in [0.15, 0.2) is 58.4 Å². The number of furan rings is 1. The van der Waals surface area contributed by atoms with E-state index in [1.165, 1.54) is 13.2 Å². The molecule has 24 heavy (non-hydrogen) atoms. The smallest absolute Gasteiger partial charge is 0.279 e. The fourth-order valence-corrected chi connectivity index (χ4v) is 3.16. The van der Waals surface area contributed by atoms with E-state index in [1.807, 2.05) is 19.1 Å². The van der Waals surface area contributed by atoms with Gasteiger partial charge in [-0.25, -0.2) is 9.97 Å². The van der Waals surface area contributed by atoms with E-state index in [-0.39, 0.29) is 10.9 Å². The van der Waals surface area contributed by atoms with Crippen molar-refractivity contribution in [2.45, 2.75) is 11.9 Å². The molecule has 8 heteroatoms. The summed E-state index contributed by atoms with van der Waals surface area (Å²) in [6, 6.07) is 10.2. The zero-order valence-electron chi connectivity index (χ0n) is 13.1. The van der Waals surface area contributed by atoms with Gasteiger partial charge >= 0.3 is 0 Å². The molecule has 0 aliphatic carbocycles. The van der Waals surface area contributed by atoms with Gasteiger partial charge in [0.15, 0.2) is 5.03 Å². The summed E-state index contributed by atoms with van der Waals surface area (Å²) in [5, 5.41) is -0.169. The van der Waals surface area contributed by atoms with E-state index in [1.54, 1.807) is 24.5 Å². The first kappa shape index (κ1) is 16.0. The Hall–Kier alpha value is -2.87. The van der Waals surface area contributed by atoms with Crippen molar-refractivity contribution >= 4 is 15.7 Å². The number of hydrogen-bond acceptors (Lipinski definition) is 6. The van der Waals surface area contributed by atoms with E-state index in [0.29, 0.717) is 11.4 Å². The van der Waals surface area contributed by atoms with Crippen LogP contribution >= 0.6 is 0 Å². The van der Waals surface area contributed by atoms with Crippen molar-refractivity contribution in [2.75, 3.05) is 11.8 Å². The second kappa shape index (κ2) is 6.32. The topological polar surface area (TPSA) is 94.3 Å². The predicted octanol–water partition coefficient (Wildman–Crippen LogP) is 2.85. The highest BCUT2D eigenvalue weighted by Gasteiger charge is 2.18. The molecule has 0 amide bonds. The Kier molecular flexibility index (Phi) is 4.22. The first-order chi connectivity index (χ1) is 11.5. The van der Waals surface area contributed by atoms with Gasteiger partial charge in [-0.15, -0.1) is 0 Å². The molecule has 0 saturated heterocycles. The van der Waals surface area contributed by atoms with Gasteiger partial charge in [0.1, 0.15) is 12.1 Å². The van der Waals surface area contributed by atoms with Gasteiger partial charge in [-0.1, -0.05) is 12.1 Å². The van der Waals surface area contributed by atoms with Crippen molar-refractivity contribution in [3.05, 3.63) is 54.6 Å². The average Bonchev–Trinajstić information content (AvgIpc) is 3.11. The maximum Gasteiger partial charge on any atom is 0.279 e. The highest BCUT2D eigenvalue weighted by Crippen LogP contribution is 2.27. The SMILES string of the molecule is COc1cc(S(=O)(=O)Nc2cc(-c3ccco3)ccc2C)ncn1. The largest absolute Gasteiger partial charge is 0.481 e. The van der Waals surface area contributed by atoms with Crippen molar-refractivity contribution in [2.24, 2.45) is 0 Å². The molecular weight excluding hydrogens is 330 g/mol. The van der Waals surface area contributed by atoms with Crippen LogP contribution in [0.1, 0.15) is 5.56 Å². The quantitative estimate of drug-likeness (QED) is 0.715. The minimum Gasteiger partial charge on any atom is -0.481 e. The number of nitrogens with zero attached hydrogens (tertiary/aromatic N) is 2. The zero-order valence-corrected chi connectivity index (χ0v) is 13.9. The van der Waals surface area contributed by atoms with E-state index >= 15 is 0 Å². The molecule has 2 aromatic heterocycles. The molecule has 1 aromatic carbocycles. The maximum absolute atomic E-state index is 12.5. The molecule has 0 spiro atoms. The van der Waals surface area contributed by atoms with Gasteiger partial charge in [0, 0.05) is 11.6 Å². The molecule has 2 heterocycles. The first-order valence-electron chi connectivity index (χ1n) is 7.03. The van der Waals surface area contributed by atoms with Gasteiger partial charge in [0.2, 0.25) is 5.88 Å². The lowest BCUT2D eigenvalue weighted by molar-refractivity contribution is 0.394. The predicted molar refractivity (Wildman–Crippen MR) is 88.3 cm³/mol. The van der Waals surface area contributed by atoms with Gasteiger partial charge in [0.25, 0.3) is 10.0 Å². The Labute approximate surface area is 139 Å². The summed E-state index contributed by atoms with van der Waals surface area (Å²) >= 11 is 0. The molecule has 0 saturated carbocycles. The molecule has 0 atom stereocenters. The fraction of sp³-hybridized carbons (Fsp3) is 0.125. The molecule has 0 aliphatic rings. The number of ether oxygens (including phenoxy) is 1. The molecular formula is C16H15N3O4S.